The highest BCUT2D eigenvalue weighted by atomic mass is 16.5. The van der Waals surface area contributed by atoms with Gasteiger partial charge in [-0.2, -0.15) is 0 Å². The van der Waals surface area contributed by atoms with E-state index < -0.39 is 17.5 Å². The van der Waals surface area contributed by atoms with Crippen LogP contribution in [0, 0.1) is 0 Å². The molecule has 1 aliphatic heterocycles. The molecule has 1 fully saturated rings. The van der Waals surface area contributed by atoms with Crippen LogP contribution in [-0.4, -0.2) is 46.2 Å². The Kier molecular flexibility index (Phi) is 3.87. The minimum absolute atomic E-state index is 0.0664. The molecule has 1 unspecified atom stereocenters. The van der Waals surface area contributed by atoms with Crippen molar-refractivity contribution >= 4 is 17.8 Å². The molecular formula is C13H17N3O4. The number of aliphatic carboxylic acids is 1. The molecule has 1 aromatic rings. The van der Waals surface area contributed by atoms with Gasteiger partial charge >= 0.3 is 11.9 Å². The molecule has 0 amide bonds. The van der Waals surface area contributed by atoms with Crippen molar-refractivity contribution in [3.8, 4) is 0 Å². The number of carbonyl (C=O) groups excluding carboxylic acids is 1. The van der Waals surface area contributed by atoms with Crippen LogP contribution >= 0.6 is 0 Å². The van der Waals surface area contributed by atoms with Crippen LogP contribution in [0.15, 0.2) is 12.3 Å². The van der Waals surface area contributed by atoms with E-state index in [-0.39, 0.29) is 5.82 Å². The quantitative estimate of drug-likeness (QED) is 0.828. The van der Waals surface area contributed by atoms with Crippen LogP contribution in [0.5, 0.6) is 0 Å². The van der Waals surface area contributed by atoms with E-state index in [1.807, 2.05) is 0 Å². The van der Waals surface area contributed by atoms with E-state index in [0.29, 0.717) is 18.8 Å². The summed E-state index contributed by atoms with van der Waals surface area (Å²) in [4.78, 5) is 32.7. The number of hydrogen-bond donors (Lipinski definition) is 1. The Morgan fingerprint density at radius 2 is 2.20 bits per heavy atom. The normalized spacial score (nSPS) is 22.4. The third-order valence-electron chi connectivity index (χ3n) is 3.64. The van der Waals surface area contributed by atoms with Crippen molar-refractivity contribution in [1.29, 1.82) is 0 Å². The molecule has 0 aromatic carbocycles. The summed E-state index contributed by atoms with van der Waals surface area (Å²) in [6, 6.07) is 1.61. The van der Waals surface area contributed by atoms with E-state index >= 15 is 0 Å². The maximum Gasteiger partial charge on any atom is 0.376 e. The summed E-state index contributed by atoms with van der Waals surface area (Å²) in [6.45, 7) is 2.26. The zero-order chi connectivity index (χ0) is 14.8. The number of nitrogens with zero attached hydrogens (tertiary/aromatic N) is 3. The van der Waals surface area contributed by atoms with Gasteiger partial charge in [-0.1, -0.05) is 0 Å². The van der Waals surface area contributed by atoms with Gasteiger partial charge in [0.15, 0.2) is 0 Å². The van der Waals surface area contributed by atoms with E-state index in [2.05, 4.69) is 14.7 Å². The van der Waals surface area contributed by atoms with Gasteiger partial charge in [0.1, 0.15) is 11.4 Å². The van der Waals surface area contributed by atoms with E-state index in [4.69, 9.17) is 0 Å². The fourth-order valence-corrected chi connectivity index (χ4v) is 2.40. The molecule has 1 N–H and O–H groups in total. The fraction of sp³-hybridized carbons (Fsp3) is 0.538. The topological polar surface area (TPSA) is 92.6 Å². The second-order valence-corrected chi connectivity index (χ2v) is 4.92. The number of carboxylic acids is 1. The molecule has 1 aromatic heterocycles. The number of carbonyl (C=O) groups is 2. The van der Waals surface area contributed by atoms with Crippen molar-refractivity contribution in [3.05, 3.63) is 18.1 Å². The van der Waals surface area contributed by atoms with Gasteiger partial charge in [0, 0.05) is 12.7 Å². The van der Waals surface area contributed by atoms with Crippen molar-refractivity contribution in [2.45, 2.75) is 31.7 Å². The molecule has 0 aliphatic carbocycles. The van der Waals surface area contributed by atoms with Crippen LogP contribution in [-0.2, 0) is 9.53 Å². The third kappa shape index (κ3) is 2.43. The minimum Gasteiger partial charge on any atom is -0.480 e. The number of aromatic nitrogens is 2. The molecule has 0 bridgehead atoms. The van der Waals surface area contributed by atoms with Crippen LogP contribution in [0.3, 0.4) is 0 Å². The van der Waals surface area contributed by atoms with Crippen molar-refractivity contribution in [1.82, 2.24) is 9.97 Å². The average Bonchev–Trinajstić information content (AvgIpc) is 2.47. The van der Waals surface area contributed by atoms with Gasteiger partial charge in [-0.3, -0.25) is 0 Å². The highest BCUT2D eigenvalue weighted by Gasteiger charge is 2.42. The fourth-order valence-electron chi connectivity index (χ4n) is 2.40. The highest BCUT2D eigenvalue weighted by Crippen LogP contribution is 2.31. The number of hydrogen-bond acceptors (Lipinski definition) is 6. The maximum atomic E-state index is 11.6. The molecule has 1 saturated heterocycles. The lowest BCUT2D eigenvalue weighted by molar-refractivity contribution is -0.143. The SMILES string of the molecule is COC(=O)c1nccc(N2CCCCC2(C)C(=O)O)n1. The van der Waals surface area contributed by atoms with E-state index in [0.717, 1.165) is 12.8 Å². The first kappa shape index (κ1) is 14.2. The Bertz CT molecular complexity index is 534. The van der Waals surface area contributed by atoms with Crippen LogP contribution < -0.4 is 4.90 Å². The molecule has 108 valence electrons. The average molecular weight is 279 g/mol. The smallest absolute Gasteiger partial charge is 0.376 e. The molecule has 1 aliphatic rings. The largest absolute Gasteiger partial charge is 0.480 e. The van der Waals surface area contributed by atoms with Crippen LogP contribution in [0.25, 0.3) is 0 Å². The molecule has 1 atom stereocenters. The molecule has 2 heterocycles. The molecule has 2 rings (SSSR count). The van der Waals surface area contributed by atoms with Gasteiger partial charge in [-0.05, 0) is 32.3 Å². The van der Waals surface area contributed by atoms with E-state index in [9.17, 15) is 14.7 Å². The number of rotatable bonds is 3. The van der Waals surface area contributed by atoms with Crippen LogP contribution in [0.2, 0.25) is 0 Å². The van der Waals surface area contributed by atoms with E-state index in [1.54, 1.807) is 17.9 Å². The lowest BCUT2D eigenvalue weighted by Gasteiger charge is -2.42. The third-order valence-corrected chi connectivity index (χ3v) is 3.64. The van der Waals surface area contributed by atoms with Gasteiger partial charge in [0.2, 0.25) is 5.82 Å². The van der Waals surface area contributed by atoms with Gasteiger partial charge in [-0.15, -0.1) is 0 Å². The lowest BCUT2D eigenvalue weighted by Crippen LogP contribution is -2.55. The van der Waals surface area contributed by atoms with Crippen LogP contribution in [0.4, 0.5) is 5.82 Å². The molecule has 7 nitrogen and oxygen atoms in total. The summed E-state index contributed by atoms with van der Waals surface area (Å²) in [7, 11) is 1.25. The Labute approximate surface area is 116 Å². The molecule has 0 saturated carbocycles. The first-order valence-electron chi connectivity index (χ1n) is 6.41. The molecule has 7 heteroatoms. The van der Waals surface area contributed by atoms with Crippen LogP contribution in [0.1, 0.15) is 36.8 Å². The zero-order valence-electron chi connectivity index (χ0n) is 11.5. The second kappa shape index (κ2) is 5.44. The van der Waals surface area contributed by atoms with Crippen molar-refractivity contribution in [2.75, 3.05) is 18.6 Å². The van der Waals surface area contributed by atoms with E-state index in [1.165, 1.54) is 13.3 Å². The predicted octanol–water partition coefficient (Wildman–Crippen LogP) is 1.10. The van der Waals surface area contributed by atoms with Gasteiger partial charge in [-0.25, -0.2) is 19.6 Å². The highest BCUT2D eigenvalue weighted by molar-refractivity contribution is 5.86. The summed E-state index contributed by atoms with van der Waals surface area (Å²) in [6.07, 6.45) is 3.72. The van der Waals surface area contributed by atoms with Gasteiger partial charge < -0.3 is 14.7 Å². The first-order valence-corrected chi connectivity index (χ1v) is 6.41. The first-order chi connectivity index (χ1) is 9.49. The minimum atomic E-state index is -1.01. The van der Waals surface area contributed by atoms with Crippen molar-refractivity contribution in [2.24, 2.45) is 0 Å². The van der Waals surface area contributed by atoms with Gasteiger partial charge in [0.25, 0.3) is 0 Å². The standard InChI is InChI=1S/C13H17N3O4/c1-13(12(18)19)6-3-4-8-16(13)9-5-7-14-10(15-9)11(17)20-2/h5,7H,3-4,6,8H2,1-2H3,(H,18,19). The number of esters is 1. The summed E-state index contributed by atoms with van der Waals surface area (Å²) in [5.74, 6) is -1.16. The summed E-state index contributed by atoms with van der Waals surface area (Å²) in [5.41, 5.74) is -1.01. The van der Waals surface area contributed by atoms with Gasteiger partial charge in [0.05, 0.1) is 7.11 Å². The molecule has 0 radical (unpaired) electrons. The Hall–Kier alpha value is -2.18. The maximum absolute atomic E-state index is 11.6. The summed E-state index contributed by atoms with van der Waals surface area (Å²) >= 11 is 0. The number of anilines is 1. The van der Waals surface area contributed by atoms with Crippen molar-refractivity contribution < 1.29 is 19.4 Å². The Balaban J connectivity index is 2.38. The summed E-state index contributed by atoms with van der Waals surface area (Å²) in [5, 5.41) is 9.48. The number of carboxylic acid groups (broad SMARTS) is 1. The zero-order valence-corrected chi connectivity index (χ0v) is 11.5. The Morgan fingerprint density at radius 1 is 1.45 bits per heavy atom. The lowest BCUT2D eigenvalue weighted by atomic mass is 9.88. The monoisotopic (exact) mass is 279 g/mol. The Morgan fingerprint density at radius 3 is 2.85 bits per heavy atom. The molecular weight excluding hydrogens is 262 g/mol. The summed E-state index contributed by atoms with van der Waals surface area (Å²) < 4.78 is 4.58. The second-order valence-electron chi connectivity index (χ2n) is 4.92. The molecule has 0 spiro atoms. The number of ether oxygens (including phenoxy) is 1. The number of piperidine rings is 1. The number of methoxy groups -OCH3 is 1. The van der Waals surface area contributed by atoms with Crippen molar-refractivity contribution in [3.63, 3.8) is 0 Å². The predicted molar refractivity (Wildman–Crippen MR) is 70.6 cm³/mol. The molecule has 20 heavy (non-hydrogen) atoms.